The second kappa shape index (κ2) is 9.60. The SMILES string of the molecule is CCCC(C)N1CC2CCC(C1)N2c1ncc(CCCOCC(C)=O)cn1. The van der Waals surface area contributed by atoms with Crippen LogP contribution in [0, 0.1) is 0 Å². The Labute approximate surface area is 163 Å². The van der Waals surface area contributed by atoms with Crippen molar-refractivity contribution < 1.29 is 9.53 Å². The van der Waals surface area contributed by atoms with E-state index in [0.717, 1.165) is 37.4 Å². The summed E-state index contributed by atoms with van der Waals surface area (Å²) >= 11 is 0. The second-order valence-electron chi connectivity index (χ2n) is 8.13. The molecule has 0 radical (unpaired) electrons. The molecule has 0 N–H and O–H groups in total. The van der Waals surface area contributed by atoms with E-state index in [2.05, 4.69) is 33.6 Å². The van der Waals surface area contributed by atoms with Gasteiger partial charge in [0.05, 0.1) is 0 Å². The number of likely N-dealkylation sites (tertiary alicyclic amines) is 1. The number of fused-ring (bicyclic) bond motifs is 2. The molecule has 1 aromatic heterocycles. The van der Waals surface area contributed by atoms with Crippen LogP contribution in [0.4, 0.5) is 5.95 Å². The fourth-order valence-corrected chi connectivity index (χ4v) is 4.43. The van der Waals surface area contributed by atoms with E-state index in [-0.39, 0.29) is 12.4 Å². The molecule has 3 atom stereocenters. The molecule has 2 saturated heterocycles. The van der Waals surface area contributed by atoms with Gasteiger partial charge in [-0.05, 0) is 51.5 Å². The number of aromatic nitrogens is 2. The molecule has 0 spiro atoms. The van der Waals surface area contributed by atoms with E-state index in [1.807, 2.05) is 12.4 Å². The van der Waals surface area contributed by atoms with Crippen LogP contribution in [0.1, 0.15) is 58.4 Å². The maximum atomic E-state index is 10.9. The normalized spacial score (nSPS) is 23.6. The summed E-state index contributed by atoms with van der Waals surface area (Å²) in [5, 5.41) is 0. The Morgan fingerprint density at radius 3 is 2.52 bits per heavy atom. The number of aryl methyl sites for hydroxylation is 1. The summed E-state index contributed by atoms with van der Waals surface area (Å²) in [6.45, 7) is 9.26. The predicted molar refractivity (Wildman–Crippen MR) is 107 cm³/mol. The summed E-state index contributed by atoms with van der Waals surface area (Å²) in [6.07, 6.45) is 10.7. The fourth-order valence-electron chi connectivity index (χ4n) is 4.43. The van der Waals surface area contributed by atoms with Crippen molar-refractivity contribution >= 4 is 11.7 Å². The third-order valence-electron chi connectivity index (χ3n) is 5.82. The van der Waals surface area contributed by atoms with Gasteiger partial charge in [0, 0.05) is 50.2 Å². The number of piperazine rings is 1. The van der Waals surface area contributed by atoms with E-state index in [4.69, 9.17) is 4.74 Å². The molecule has 2 aliphatic rings. The van der Waals surface area contributed by atoms with Crippen LogP contribution in [0.2, 0.25) is 0 Å². The average Bonchev–Trinajstić information content (AvgIpc) is 2.91. The summed E-state index contributed by atoms with van der Waals surface area (Å²) in [4.78, 5) is 25.3. The van der Waals surface area contributed by atoms with Crippen LogP contribution in [-0.2, 0) is 16.0 Å². The molecule has 0 aliphatic carbocycles. The van der Waals surface area contributed by atoms with Crippen LogP contribution in [-0.4, -0.2) is 65.1 Å². The van der Waals surface area contributed by atoms with E-state index >= 15 is 0 Å². The van der Waals surface area contributed by atoms with Crippen LogP contribution in [0.15, 0.2) is 12.4 Å². The Bertz CT molecular complexity index is 593. The topological polar surface area (TPSA) is 58.6 Å². The summed E-state index contributed by atoms with van der Waals surface area (Å²) in [5.41, 5.74) is 1.13. The highest BCUT2D eigenvalue weighted by Crippen LogP contribution is 2.34. The van der Waals surface area contributed by atoms with Crippen LogP contribution in [0.25, 0.3) is 0 Å². The number of rotatable bonds is 10. The molecule has 3 unspecified atom stereocenters. The molecular formula is C21H34N4O2. The molecule has 6 heteroatoms. The third-order valence-corrected chi connectivity index (χ3v) is 5.82. The van der Waals surface area contributed by atoms with Crippen LogP contribution in [0.5, 0.6) is 0 Å². The van der Waals surface area contributed by atoms with Gasteiger partial charge in [-0.1, -0.05) is 13.3 Å². The van der Waals surface area contributed by atoms with Gasteiger partial charge in [-0.25, -0.2) is 9.97 Å². The first-order valence-corrected chi connectivity index (χ1v) is 10.5. The first-order valence-electron chi connectivity index (χ1n) is 10.5. The molecule has 3 rings (SSSR count). The monoisotopic (exact) mass is 374 g/mol. The van der Waals surface area contributed by atoms with E-state index in [1.165, 1.54) is 25.7 Å². The Kier molecular flexibility index (Phi) is 7.19. The molecule has 3 heterocycles. The predicted octanol–water partition coefficient (Wildman–Crippen LogP) is 2.86. The molecule has 150 valence electrons. The quantitative estimate of drug-likeness (QED) is 0.587. The lowest BCUT2D eigenvalue weighted by Crippen LogP contribution is -2.56. The lowest BCUT2D eigenvalue weighted by Gasteiger charge is -2.43. The smallest absolute Gasteiger partial charge is 0.225 e. The first kappa shape index (κ1) is 20.2. The number of carbonyl (C=O) groups is 1. The lowest BCUT2D eigenvalue weighted by atomic mass is 10.1. The first-order chi connectivity index (χ1) is 13.1. The minimum Gasteiger partial charge on any atom is -0.374 e. The highest BCUT2D eigenvalue weighted by Gasteiger charge is 2.42. The van der Waals surface area contributed by atoms with E-state index < -0.39 is 0 Å². The zero-order valence-corrected chi connectivity index (χ0v) is 17.1. The summed E-state index contributed by atoms with van der Waals surface area (Å²) < 4.78 is 5.32. The van der Waals surface area contributed by atoms with Gasteiger partial charge in [-0.15, -0.1) is 0 Å². The number of carbonyl (C=O) groups excluding carboxylic acids is 1. The maximum Gasteiger partial charge on any atom is 0.225 e. The van der Waals surface area contributed by atoms with Gasteiger partial charge in [0.15, 0.2) is 5.78 Å². The van der Waals surface area contributed by atoms with Gasteiger partial charge in [0.1, 0.15) is 6.61 Å². The van der Waals surface area contributed by atoms with Crippen molar-refractivity contribution in [3.8, 4) is 0 Å². The Morgan fingerprint density at radius 2 is 1.93 bits per heavy atom. The van der Waals surface area contributed by atoms with Gasteiger partial charge in [0.2, 0.25) is 5.95 Å². The molecule has 2 aliphatic heterocycles. The third kappa shape index (κ3) is 5.26. The number of anilines is 1. The molecule has 2 fully saturated rings. The van der Waals surface area contributed by atoms with E-state index in [1.54, 1.807) is 6.92 Å². The van der Waals surface area contributed by atoms with Crippen molar-refractivity contribution in [3.05, 3.63) is 18.0 Å². The zero-order valence-electron chi connectivity index (χ0n) is 17.1. The van der Waals surface area contributed by atoms with Gasteiger partial charge in [-0.2, -0.15) is 0 Å². The molecule has 0 aromatic carbocycles. The number of ketones is 1. The maximum absolute atomic E-state index is 10.9. The number of hydrogen-bond acceptors (Lipinski definition) is 6. The van der Waals surface area contributed by atoms with Gasteiger partial charge in [0.25, 0.3) is 0 Å². The van der Waals surface area contributed by atoms with Crippen molar-refractivity contribution in [2.75, 3.05) is 31.2 Å². The van der Waals surface area contributed by atoms with Crippen LogP contribution in [0.3, 0.4) is 0 Å². The molecule has 0 amide bonds. The Morgan fingerprint density at radius 1 is 1.26 bits per heavy atom. The molecule has 1 aromatic rings. The Hall–Kier alpha value is -1.53. The summed E-state index contributed by atoms with van der Waals surface area (Å²) in [7, 11) is 0. The average molecular weight is 375 g/mol. The van der Waals surface area contributed by atoms with E-state index in [0.29, 0.717) is 24.7 Å². The second-order valence-corrected chi connectivity index (χ2v) is 8.13. The number of nitrogens with zero attached hydrogens (tertiary/aromatic N) is 4. The van der Waals surface area contributed by atoms with Gasteiger partial charge < -0.3 is 9.64 Å². The summed E-state index contributed by atoms with van der Waals surface area (Å²) in [5.74, 6) is 0.961. The number of ether oxygens (including phenoxy) is 1. The van der Waals surface area contributed by atoms with Crippen LogP contribution >= 0.6 is 0 Å². The van der Waals surface area contributed by atoms with Crippen molar-refractivity contribution in [2.45, 2.75) is 77.4 Å². The minimum absolute atomic E-state index is 0.0708. The highest BCUT2D eigenvalue weighted by atomic mass is 16.5. The van der Waals surface area contributed by atoms with Crippen molar-refractivity contribution in [1.29, 1.82) is 0 Å². The molecule has 6 nitrogen and oxygen atoms in total. The molecule has 0 saturated carbocycles. The fraction of sp³-hybridized carbons (Fsp3) is 0.762. The van der Waals surface area contributed by atoms with Gasteiger partial charge in [-0.3, -0.25) is 9.69 Å². The minimum atomic E-state index is 0.0708. The van der Waals surface area contributed by atoms with Gasteiger partial charge >= 0.3 is 0 Å². The van der Waals surface area contributed by atoms with Crippen LogP contribution < -0.4 is 4.90 Å². The summed E-state index contributed by atoms with van der Waals surface area (Å²) in [6, 6.07) is 1.77. The largest absolute Gasteiger partial charge is 0.374 e. The van der Waals surface area contributed by atoms with Crippen molar-refractivity contribution in [1.82, 2.24) is 14.9 Å². The standard InChI is InChI=1S/C21H34N4O2/c1-4-6-16(2)24-13-19-8-9-20(14-24)25(19)21-22-11-18(12-23-21)7-5-10-27-15-17(3)26/h11-12,16,19-20H,4-10,13-15H2,1-3H3. The molecular weight excluding hydrogens is 340 g/mol. The highest BCUT2D eigenvalue weighted by molar-refractivity contribution is 5.76. The van der Waals surface area contributed by atoms with E-state index in [9.17, 15) is 4.79 Å². The Balaban J connectivity index is 1.51. The van der Waals surface area contributed by atoms with Crippen molar-refractivity contribution in [2.24, 2.45) is 0 Å². The molecule has 2 bridgehead atoms. The molecule has 27 heavy (non-hydrogen) atoms. The zero-order chi connectivity index (χ0) is 19.2. The number of hydrogen-bond donors (Lipinski definition) is 0. The van der Waals surface area contributed by atoms with Crippen molar-refractivity contribution in [3.63, 3.8) is 0 Å². The lowest BCUT2D eigenvalue weighted by molar-refractivity contribution is -0.121. The number of Topliss-reactive ketones (excluding diaryl/α,β-unsaturated/α-hetero) is 1.